The molecule has 26 heavy (non-hydrogen) atoms. The van der Waals surface area contributed by atoms with Gasteiger partial charge < -0.3 is 15.4 Å². The summed E-state index contributed by atoms with van der Waals surface area (Å²) in [5.74, 6) is 2.10. The van der Waals surface area contributed by atoms with Crippen LogP contribution in [0.2, 0.25) is 0 Å². The molecule has 2 rings (SSSR count). The highest BCUT2D eigenvalue weighted by Gasteiger charge is 2.16. The van der Waals surface area contributed by atoms with Crippen molar-refractivity contribution in [2.45, 2.75) is 39.0 Å². The molecule has 2 N–H and O–H groups in total. The van der Waals surface area contributed by atoms with Gasteiger partial charge in [0.25, 0.3) is 0 Å². The largest absolute Gasteiger partial charge is 0.376 e. The van der Waals surface area contributed by atoms with Crippen molar-refractivity contribution < 1.29 is 4.74 Å². The van der Waals surface area contributed by atoms with Crippen LogP contribution in [0.3, 0.4) is 0 Å². The standard InChI is InChI=1S/C20H34N4OS/c1-17-15-24(10-11-25-17)16-19-8-6-7-18(13-19)14-23-20(21-2)22-9-4-5-12-26-3/h6-8,13,17H,4-5,9-12,14-16H2,1-3H3,(H2,21,22,23). The number of thioether (sulfide) groups is 1. The second-order valence-electron chi connectivity index (χ2n) is 6.79. The van der Waals surface area contributed by atoms with Crippen molar-refractivity contribution in [1.82, 2.24) is 15.5 Å². The van der Waals surface area contributed by atoms with E-state index in [9.17, 15) is 0 Å². The zero-order chi connectivity index (χ0) is 18.6. The van der Waals surface area contributed by atoms with Gasteiger partial charge in [0, 0.05) is 39.8 Å². The molecule has 0 spiro atoms. The summed E-state index contributed by atoms with van der Waals surface area (Å²) in [6, 6.07) is 8.82. The van der Waals surface area contributed by atoms with Crippen molar-refractivity contribution in [3.63, 3.8) is 0 Å². The number of hydrogen-bond acceptors (Lipinski definition) is 4. The molecule has 1 saturated heterocycles. The van der Waals surface area contributed by atoms with Crippen LogP contribution >= 0.6 is 11.8 Å². The van der Waals surface area contributed by atoms with E-state index >= 15 is 0 Å². The van der Waals surface area contributed by atoms with Crippen molar-refractivity contribution >= 4 is 17.7 Å². The fraction of sp³-hybridized carbons (Fsp3) is 0.650. The summed E-state index contributed by atoms with van der Waals surface area (Å²) in [5, 5.41) is 6.81. The lowest BCUT2D eigenvalue weighted by Crippen LogP contribution is -2.40. The molecule has 1 aromatic carbocycles. The predicted octanol–water partition coefficient (Wildman–Crippen LogP) is 2.72. The molecule has 1 unspecified atom stereocenters. The third-order valence-corrected chi connectivity index (χ3v) is 5.17. The number of morpholine rings is 1. The molecule has 1 aliphatic rings. The van der Waals surface area contributed by atoms with E-state index in [0.29, 0.717) is 6.10 Å². The summed E-state index contributed by atoms with van der Waals surface area (Å²) < 4.78 is 5.63. The lowest BCUT2D eigenvalue weighted by Gasteiger charge is -2.31. The third-order valence-electron chi connectivity index (χ3n) is 4.47. The first-order valence-corrected chi connectivity index (χ1v) is 11.0. The zero-order valence-corrected chi connectivity index (χ0v) is 17.3. The normalized spacial score (nSPS) is 18.7. The maximum Gasteiger partial charge on any atom is 0.191 e. The summed E-state index contributed by atoms with van der Waals surface area (Å²) in [4.78, 5) is 6.78. The molecule has 1 aromatic rings. The predicted molar refractivity (Wildman–Crippen MR) is 113 cm³/mol. The topological polar surface area (TPSA) is 48.9 Å². The molecule has 1 atom stereocenters. The van der Waals surface area contributed by atoms with Gasteiger partial charge in [-0.3, -0.25) is 9.89 Å². The summed E-state index contributed by atoms with van der Waals surface area (Å²) in [6.07, 6.45) is 4.91. The second-order valence-corrected chi connectivity index (χ2v) is 7.77. The van der Waals surface area contributed by atoms with Crippen LogP contribution in [0.25, 0.3) is 0 Å². The highest BCUT2D eigenvalue weighted by atomic mass is 32.2. The first kappa shape index (κ1) is 21.1. The van der Waals surface area contributed by atoms with Crippen molar-refractivity contribution in [3.05, 3.63) is 35.4 Å². The summed E-state index contributed by atoms with van der Waals surface area (Å²) in [6.45, 7) is 7.75. The molecule has 0 aliphatic carbocycles. The van der Waals surface area contributed by atoms with Gasteiger partial charge in [-0.15, -0.1) is 0 Å². The Morgan fingerprint density at radius 3 is 2.92 bits per heavy atom. The Labute approximate surface area is 163 Å². The Bertz CT molecular complexity index is 552. The van der Waals surface area contributed by atoms with Crippen LogP contribution in [-0.2, 0) is 17.8 Å². The smallest absolute Gasteiger partial charge is 0.191 e. The van der Waals surface area contributed by atoms with Crippen LogP contribution in [0.15, 0.2) is 29.3 Å². The Hall–Kier alpha value is -1.24. The number of nitrogens with one attached hydrogen (secondary N) is 2. The van der Waals surface area contributed by atoms with Crippen LogP contribution in [0.1, 0.15) is 30.9 Å². The molecule has 5 nitrogen and oxygen atoms in total. The first-order valence-electron chi connectivity index (χ1n) is 9.56. The number of rotatable bonds is 9. The number of nitrogens with zero attached hydrogens (tertiary/aromatic N) is 2. The van der Waals surface area contributed by atoms with E-state index in [0.717, 1.165) is 45.3 Å². The number of aliphatic imine (C=N–C) groups is 1. The molecule has 0 aromatic heterocycles. The molecule has 1 fully saturated rings. The highest BCUT2D eigenvalue weighted by Crippen LogP contribution is 2.12. The Morgan fingerprint density at radius 1 is 1.31 bits per heavy atom. The highest BCUT2D eigenvalue weighted by molar-refractivity contribution is 7.98. The average Bonchev–Trinajstić information content (AvgIpc) is 2.64. The van der Waals surface area contributed by atoms with Gasteiger partial charge >= 0.3 is 0 Å². The molecule has 0 saturated carbocycles. The van der Waals surface area contributed by atoms with Crippen LogP contribution in [0.5, 0.6) is 0 Å². The fourth-order valence-electron chi connectivity index (χ4n) is 3.11. The van der Waals surface area contributed by atoms with Crippen molar-refractivity contribution in [3.8, 4) is 0 Å². The molecular formula is C20H34N4OS. The Balaban J connectivity index is 1.76. The Kier molecular flexibility index (Phi) is 9.89. The lowest BCUT2D eigenvalue weighted by molar-refractivity contribution is -0.0212. The second kappa shape index (κ2) is 12.2. The van der Waals surface area contributed by atoms with Gasteiger partial charge in [0.1, 0.15) is 0 Å². The minimum atomic E-state index is 0.332. The molecular weight excluding hydrogens is 344 g/mol. The van der Waals surface area contributed by atoms with Gasteiger partial charge in [-0.1, -0.05) is 24.3 Å². The molecule has 6 heteroatoms. The van der Waals surface area contributed by atoms with E-state index in [2.05, 4.69) is 58.0 Å². The van der Waals surface area contributed by atoms with Crippen LogP contribution in [0, 0.1) is 0 Å². The van der Waals surface area contributed by atoms with E-state index in [4.69, 9.17) is 4.74 Å². The third kappa shape index (κ3) is 7.98. The number of unbranched alkanes of at least 4 members (excludes halogenated alkanes) is 1. The quantitative estimate of drug-likeness (QED) is 0.393. The van der Waals surface area contributed by atoms with E-state index in [1.807, 2.05) is 18.8 Å². The van der Waals surface area contributed by atoms with E-state index < -0.39 is 0 Å². The number of ether oxygens (including phenoxy) is 1. The van der Waals surface area contributed by atoms with Crippen LogP contribution in [0.4, 0.5) is 0 Å². The molecule has 0 radical (unpaired) electrons. The van der Waals surface area contributed by atoms with Crippen molar-refractivity contribution in [2.75, 3.05) is 45.3 Å². The lowest BCUT2D eigenvalue weighted by atomic mass is 10.1. The van der Waals surface area contributed by atoms with Gasteiger partial charge in [-0.05, 0) is 42.9 Å². The zero-order valence-electron chi connectivity index (χ0n) is 16.5. The molecule has 0 bridgehead atoms. The van der Waals surface area contributed by atoms with Gasteiger partial charge in [0.15, 0.2) is 5.96 Å². The Morgan fingerprint density at radius 2 is 2.15 bits per heavy atom. The minimum absolute atomic E-state index is 0.332. The van der Waals surface area contributed by atoms with E-state index in [-0.39, 0.29) is 0 Å². The van der Waals surface area contributed by atoms with Gasteiger partial charge in [-0.2, -0.15) is 11.8 Å². The van der Waals surface area contributed by atoms with E-state index in [1.165, 1.54) is 29.7 Å². The maximum absolute atomic E-state index is 5.63. The fourth-order valence-corrected chi connectivity index (χ4v) is 3.61. The summed E-state index contributed by atoms with van der Waals surface area (Å²) in [5.41, 5.74) is 2.65. The average molecular weight is 379 g/mol. The number of hydrogen-bond donors (Lipinski definition) is 2. The van der Waals surface area contributed by atoms with Gasteiger partial charge in [0.05, 0.1) is 12.7 Å². The molecule has 1 heterocycles. The minimum Gasteiger partial charge on any atom is -0.376 e. The van der Waals surface area contributed by atoms with Crippen LogP contribution < -0.4 is 10.6 Å². The van der Waals surface area contributed by atoms with Crippen molar-refractivity contribution in [1.29, 1.82) is 0 Å². The van der Waals surface area contributed by atoms with Gasteiger partial charge in [0.2, 0.25) is 0 Å². The number of guanidine groups is 1. The summed E-state index contributed by atoms with van der Waals surface area (Å²) >= 11 is 1.90. The maximum atomic E-state index is 5.63. The number of benzene rings is 1. The van der Waals surface area contributed by atoms with Crippen LogP contribution in [-0.4, -0.2) is 62.3 Å². The molecule has 146 valence electrons. The van der Waals surface area contributed by atoms with Gasteiger partial charge in [-0.25, -0.2) is 0 Å². The summed E-state index contributed by atoms with van der Waals surface area (Å²) in [7, 11) is 1.83. The molecule has 0 amide bonds. The SMILES string of the molecule is CN=C(NCCCCSC)NCc1cccc(CN2CCOC(C)C2)c1. The monoisotopic (exact) mass is 378 g/mol. The molecule has 1 aliphatic heterocycles. The first-order chi connectivity index (χ1) is 12.7. The van der Waals surface area contributed by atoms with E-state index in [1.54, 1.807) is 0 Å². The van der Waals surface area contributed by atoms with Crippen molar-refractivity contribution in [2.24, 2.45) is 4.99 Å².